The first-order chi connectivity index (χ1) is 7.81. The summed E-state index contributed by atoms with van der Waals surface area (Å²) < 4.78 is 5.47. The second-order valence-corrected chi connectivity index (χ2v) is 4.46. The third-order valence-corrected chi connectivity index (χ3v) is 3.29. The van der Waals surface area contributed by atoms with Crippen LogP contribution in [0, 0.1) is 0 Å². The average Bonchev–Trinajstić information content (AvgIpc) is 2.71. The molecule has 1 unspecified atom stereocenters. The predicted molar refractivity (Wildman–Crippen MR) is 64.2 cm³/mol. The lowest BCUT2D eigenvalue weighted by Crippen LogP contribution is -2.36. The van der Waals surface area contributed by atoms with Gasteiger partial charge in [0.15, 0.2) is 0 Å². The Bertz CT molecular complexity index is 299. The summed E-state index contributed by atoms with van der Waals surface area (Å²) in [7, 11) is 2.17. The van der Waals surface area contributed by atoms with E-state index in [1.807, 2.05) is 12.1 Å². The quantitative estimate of drug-likeness (QED) is 0.827. The van der Waals surface area contributed by atoms with Crippen molar-refractivity contribution >= 4 is 0 Å². The minimum Gasteiger partial charge on any atom is -0.468 e. The highest BCUT2D eigenvalue weighted by atomic mass is 16.3. The lowest BCUT2D eigenvalue weighted by atomic mass is 10.2. The molecule has 0 saturated carbocycles. The molecule has 2 N–H and O–H groups in total. The summed E-state index contributed by atoms with van der Waals surface area (Å²) in [4.78, 5) is 4.80. The van der Waals surface area contributed by atoms with E-state index in [2.05, 4.69) is 16.8 Å². The third-order valence-electron chi connectivity index (χ3n) is 3.29. The van der Waals surface area contributed by atoms with E-state index in [0.29, 0.717) is 6.54 Å². The highest BCUT2D eigenvalue weighted by Crippen LogP contribution is 2.21. The van der Waals surface area contributed by atoms with E-state index >= 15 is 0 Å². The number of likely N-dealkylation sites (N-methyl/N-ethyl adjacent to an activating group) is 1. The van der Waals surface area contributed by atoms with E-state index < -0.39 is 0 Å². The summed E-state index contributed by atoms with van der Waals surface area (Å²) >= 11 is 0. The van der Waals surface area contributed by atoms with Crippen LogP contribution in [0.3, 0.4) is 0 Å². The van der Waals surface area contributed by atoms with E-state index in [1.54, 1.807) is 6.26 Å². The van der Waals surface area contributed by atoms with Crippen molar-refractivity contribution in [3.8, 4) is 0 Å². The normalized spacial score (nSPS) is 21.9. The molecule has 1 fully saturated rings. The molecule has 1 aromatic rings. The Kier molecular flexibility index (Phi) is 3.98. The van der Waals surface area contributed by atoms with Crippen LogP contribution in [0.5, 0.6) is 0 Å². The van der Waals surface area contributed by atoms with Gasteiger partial charge in [-0.3, -0.25) is 4.90 Å². The monoisotopic (exact) mass is 223 g/mol. The van der Waals surface area contributed by atoms with Crippen molar-refractivity contribution in [3.05, 3.63) is 24.2 Å². The molecule has 1 aliphatic rings. The lowest BCUT2D eigenvalue weighted by Gasteiger charge is -2.27. The van der Waals surface area contributed by atoms with Crippen molar-refractivity contribution in [2.45, 2.75) is 12.5 Å². The lowest BCUT2D eigenvalue weighted by molar-refractivity contribution is 0.185. The van der Waals surface area contributed by atoms with Gasteiger partial charge in [0, 0.05) is 26.2 Å². The van der Waals surface area contributed by atoms with E-state index in [-0.39, 0.29) is 6.04 Å². The average molecular weight is 223 g/mol. The zero-order valence-electron chi connectivity index (χ0n) is 9.93. The van der Waals surface area contributed by atoms with E-state index in [9.17, 15) is 0 Å². The second-order valence-electron chi connectivity index (χ2n) is 4.46. The predicted octanol–water partition coefficient (Wildman–Crippen LogP) is 0.917. The molecule has 0 amide bonds. The number of nitrogens with zero attached hydrogens (tertiary/aromatic N) is 2. The largest absolute Gasteiger partial charge is 0.468 e. The first-order valence-electron chi connectivity index (χ1n) is 5.97. The number of hydrogen-bond donors (Lipinski definition) is 1. The van der Waals surface area contributed by atoms with Crippen molar-refractivity contribution in [2.24, 2.45) is 5.73 Å². The third kappa shape index (κ3) is 2.64. The van der Waals surface area contributed by atoms with Crippen molar-refractivity contribution in [3.63, 3.8) is 0 Å². The van der Waals surface area contributed by atoms with Crippen LogP contribution in [0.4, 0.5) is 0 Å². The fraction of sp³-hybridized carbons (Fsp3) is 0.667. The van der Waals surface area contributed by atoms with Gasteiger partial charge in [-0.15, -0.1) is 0 Å². The Labute approximate surface area is 97.0 Å². The molecule has 2 rings (SSSR count). The molecule has 0 spiro atoms. The Balaban J connectivity index is 2.03. The smallest absolute Gasteiger partial charge is 0.122 e. The summed E-state index contributed by atoms with van der Waals surface area (Å²) in [6.07, 6.45) is 2.93. The SMILES string of the molecule is CN1CCCN(C(CN)c2ccco2)CC1. The van der Waals surface area contributed by atoms with Gasteiger partial charge in [0.05, 0.1) is 12.3 Å². The van der Waals surface area contributed by atoms with Gasteiger partial charge in [-0.25, -0.2) is 0 Å². The molecule has 1 aliphatic heterocycles. The fourth-order valence-electron chi connectivity index (χ4n) is 2.30. The van der Waals surface area contributed by atoms with E-state index in [4.69, 9.17) is 10.2 Å². The van der Waals surface area contributed by atoms with Crippen LogP contribution >= 0.6 is 0 Å². The van der Waals surface area contributed by atoms with Gasteiger partial charge in [-0.05, 0) is 32.1 Å². The number of nitrogens with two attached hydrogens (primary N) is 1. The van der Waals surface area contributed by atoms with Crippen LogP contribution in [0.1, 0.15) is 18.2 Å². The van der Waals surface area contributed by atoms with Gasteiger partial charge in [0.2, 0.25) is 0 Å². The topological polar surface area (TPSA) is 45.6 Å². The highest BCUT2D eigenvalue weighted by molar-refractivity contribution is 5.05. The van der Waals surface area contributed by atoms with Crippen LogP contribution in [0.2, 0.25) is 0 Å². The standard InChI is InChI=1S/C12H21N3O/c1-14-5-3-6-15(8-7-14)11(10-13)12-4-2-9-16-12/h2,4,9,11H,3,5-8,10,13H2,1H3. The van der Waals surface area contributed by atoms with Gasteiger partial charge < -0.3 is 15.1 Å². The van der Waals surface area contributed by atoms with E-state index in [0.717, 1.165) is 25.4 Å². The van der Waals surface area contributed by atoms with Crippen molar-refractivity contribution < 1.29 is 4.42 Å². The summed E-state index contributed by atoms with van der Waals surface area (Å²) in [5, 5.41) is 0. The second kappa shape index (κ2) is 5.48. The molecule has 90 valence electrons. The van der Waals surface area contributed by atoms with Crippen LogP contribution in [-0.4, -0.2) is 49.6 Å². The Hall–Kier alpha value is -0.840. The molecule has 1 aromatic heterocycles. The maximum Gasteiger partial charge on any atom is 0.122 e. The summed E-state index contributed by atoms with van der Waals surface area (Å²) in [6.45, 7) is 5.08. The van der Waals surface area contributed by atoms with Crippen LogP contribution < -0.4 is 5.73 Å². The van der Waals surface area contributed by atoms with Gasteiger partial charge in [0.25, 0.3) is 0 Å². The zero-order valence-corrected chi connectivity index (χ0v) is 9.93. The molecule has 1 saturated heterocycles. The Morgan fingerprint density at radius 1 is 1.38 bits per heavy atom. The Morgan fingerprint density at radius 2 is 2.25 bits per heavy atom. The van der Waals surface area contributed by atoms with Gasteiger partial charge >= 0.3 is 0 Å². The van der Waals surface area contributed by atoms with Crippen LogP contribution in [-0.2, 0) is 0 Å². The van der Waals surface area contributed by atoms with Gasteiger partial charge in [-0.1, -0.05) is 0 Å². The van der Waals surface area contributed by atoms with Crippen LogP contribution in [0.15, 0.2) is 22.8 Å². The molecular weight excluding hydrogens is 202 g/mol. The number of furan rings is 1. The number of rotatable bonds is 3. The molecule has 0 bridgehead atoms. The molecular formula is C12H21N3O. The Morgan fingerprint density at radius 3 is 2.94 bits per heavy atom. The molecule has 4 nitrogen and oxygen atoms in total. The molecule has 0 radical (unpaired) electrons. The number of hydrogen-bond acceptors (Lipinski definition) is 4. The zero-order chi connectivity index (χ0) is 11.4. The van der Waals surface area contributed by atoms with Gasteiger partial charge in [-0.2, -0.15) is 0 Å². The van der Waals surface area contributed by atoms with Crippen molar-refractivity contribution in [1.82, 2.24) is 9.80 Å². The minimum atomic E-state index is 0.237. The molecule has 1 atom stereocenters. The maximum atomic E-state index is 5.87. The fourth-order valence-corrected chi connectivity index (χ4v) is 2.30. The summed E-state index contributed by atoms with van der Waals surface area (Å²) in [5.41, 5.74) is 5.87. The minimum absolute atomic E-state index is 0.237. The molecule has 16 heavy (non-hydrogen) atoms. The molecule has 4 heteroatoms. The van der Waals surface area contributed by atoms with Crippen molar-refractivity contribution in [1.29, 1.82) is 0 Å². The molecule has 0 aliphatic carbocycles. The molecule has 2 heterocycles. The summed E-state index contributed by atoms with van der Waals surface area (Å²) in [5.74, 6) is 0.993. The summed E-state index contributed by atoms with van der Waals surface area (Å²) in [6, 6.07) is 4.19. The first kappa shape index (κ1) is 11.6. The maximum absolute atomic E-state index is 5.87. The first-order valence-corrected chi connectivity index (χ1v) is 5.97. The van der Waals surface area contributed by atoms with Crippen molar-refractivity contribution in [2.75, 3.05) is 39.8 Å². The molecule has 0 aromatic carbocycles. The van der Waals surface area contributed by atoms with E-state index in [1.165, 1.54) is 13.0 Å². The van der Waals surface area contributed by atoms with Crippen LogP contribution in [0.25, 0.3) is 0 Å². The highest BCUT2D eigenvalue weighted by Gasteiger charge is 2.23. The van der Waals surface area contributed by atoms with Gasteiger partial charge in [0.1, 0.15) is 5.76 Å².